The van der Waals surface area contributed by atoms with Gasteiger partial charge in [-0.25, -0.2) is 9.37 Å². The Hall–Kier alpha value is -2.90. The molecule has 26 heavy (non-hydrogen) atoms. The molecule has 3 rings (SSSR count). The molecule has 138 valence electrons. The molecule has 1 fully saturated rings. The second kappa shape index (κ2) is 7.55. The van der Waals surface area contributed by atoms with Crippen molar-refractivity contribution in [2.24, 2.45) is 5.92 Å². The number of hydrogen-bond acceptors (Lipinski definition) is 6. The van der Waals surface area contributed by atoms with Crippen LogP contribution in [-0.2, 0) is 0 Å². The molecule has 1 aliphatic rings. The van der Waals surface area contributed by atoms with E-state index in [-0.39, 0.29) is 11.4 Å². The van der Waals surface area contributed by atoms with Gasteiger partial charge in [0.1, 0.15) is 11.5 Å². The van der Waals surface area contributed by atoms with E-state index in [4.69, 9.17) is 4.74 Å². The molecule has 0 amide bonds. The lowest BCUT2D eigenvalue weighted by atomic mass is 10.1. The number of nitro groups is 1. The number of nitro benzene ring substituents is 1. The van der Waals surface area contributed by atoms with Crippen LogP contribution in [0.3, 0.4) is 0 Å². The molecule has 0 radical (unpaired) electrons. The zero-order valence-electron chi connectivity index (χ0n) is 14.7. The first-order valence-corrected chi connectivity index (χ1v) is 8.42. The molecule has 0 aliphatic carbocycles. The van der Waals surface area contributed by atoms with Gasteiger partial charge in [0.2, 0.25) is 0 Å². The number of hydrogen-bond donors (Lipinski definition) is 1. The summed E-state index contributed by atoms with van der Waals surface area (Å²) in [6.45, 7) is 3.97. The SMILES string of the molecule is COc1cc(N2CCC(CNc3cccc(C)n3)C2)c([N+](=O)[O-])cc1F. The van der Waals surface area contributed by atoms with E-state index in [1.807, 2.05) is 30.0 Å². The zero-order chi connectivity index (χ0) is 18.7. The van der Waals surface area contributed by atoms with Crippen LogP contribution < -0.4 is 15.0 Å². The lowest BCUT2D eigenvalue weighted by molar-refractivity contribution is -0.384. The highest BCUT2D eigenvalue weighted by Gasteiger charge is 2.29. The monoisotopic (exact) mass is 360 g/mol. The maximum Gasteiger partial charge on any atom is 0.295 e. The predicted octanol–water partition coefficient (Wildman–Crippen LogP) is 3.38. The van der Waals surface area contributed by atoms with Crippen LogP contribution in [0.2, 0.25) is 0 Å². The number of rotatable bonds is 6. The summed E-state index contributed by atoms with van der Waals surface area (Å²) in [6, 6.07) is 8.13. The summed E-state index contributed by atoms with van der Waals surface area (Å²) in [6.07, 6.45) is 0.885. The Morgan fingerprint density at radius 3 is 2.96 bits per heavy atom. The fraction of sp³-hybridized carbons (Fsp3) is 0.389. The number of pyridine rings is 1. The highest BCUT2D eigenvalue weighted by molar-refractivity contribution is 5.66. The summed E-state index contributed by atoms with van der Waals surface area (Å²) >= 11 is 0. The van der Waals surface area contributed by atoms with Gasteiger partial charge in [0, 0.05) is 31.4 Å². The molecule has 1 unspecified atom stereocenters. The van der Waals surface area contributed by atoms with Gasteiger partial charge in [-0.2, -0.15) is 0 Å². The molecule has 1 N–H and O–H groups in total. The average Bonchev–Trinajstić information content (AvgIpc) is 3.08. The minimum atomic E-state index is -0.731. The summed E-state index contributed by atoms with van der Waals surface area (Å²) < 4.78 is 18.8. The van der Waals surface area contributed by atoms with Crippen molar-refractivity contribution in [2.75, 3.05) is 37.0 Å². The molecule has 1 aromatic heterocycles. The van der Waals surface area contributed by atoms with E-state index in [2.05, 4.69) is 10.3 Å². The third-order valence-electron chi connectivity index (χ3n) is 4.53. The van der Waals surface area contributed by atoms with Gasteiger partial charge in [-0.3, -0.25) is 10.1 Å². The standard InChI is InChI=1S/C18H21FN4O3/c1-12-4-3-5-18(21-12)20-10-13-6-7-22(11-13)15-9-17(26-2)14(19)8-16(15)23(24)25/h3-5,8-9,13H,6-7,10-11H2,1-2H3,(H,20,21). The van der Waals surface area contributed by atoms with E-state index in [0.717, 1.165) is 30.5 Å². The summed E-state index contributed by atoms with van der Waals surface area (Å²) in [4.78, 5) is 17.1. The van der Waals surface area contributed by atoms with Crippen molar-refractivity contribution >= 4 is 17.2 Å². The third-order valence-corrected chi connectivity index (χ3v) is 4.53. The van der Waals surface area contributed by atoms with Crippen LogP contribution >= 0.6 is 0 Å². The van der Waals surface area contributed by atoms with Crippen LogP contribution in [0.5, 0.6) is 5.75 Å². The Labute approximate surface area is 150 Å². The normalized spacial score (nSPS) is 16.6. The molecular weight excluding hydrogens is 339 g/mol. The highest BCUT2D eigenvalue weighted by Crippen LogP contribution is 2.37. The fourth-order valence-electron chi connectivity index (χ4n) is 3.20. The fourth-order valence-corrected chi connectivity index (χ4v) is 3.20. The first kappa shape index (κ1) is 17.9. The molecule has 2 heterocycles. The molecule has 8 heteroatoms. The predicted molar refractivity (Wildman–Crippen MR) is 97.4 cm³/mol. The van der Waals surface area contributed by atoms with Gasteiger partial charge in [0.05, 0.1) is 18.1 Å². The van der Waals surface area contributed by atoms with E-state index in [1.165, 1.54) is 13.2 Å². The van der Waals surface area contributed by atoms with Crippen molar-refractivity contribution in [3.8, 4) is 5.75 Å². The van der Waals surface area contributed by atoms with E-state index >= 15 is 0 Å². The number of aromatic nitrogens is 1. The van der Waals surface area contributed by atoms with Crippen molar-refractivity contribution in [2.45, 2.75) is 13.3 Å². The van der Waals surface area contributed by atoms with Crippen LogP contribution in [0, 0.1) is 28.8 Å². The Morgan fingerprint density at radius 1 is 1.46 bits per heavy atom. The number of halogens is 1. The average molecular weight is 360 g/mol. The van der Waals surface area contributed by atoms with Crippen LogP contribution in [0.15, 0.2) is 30.3 Å². The van der Waals surface area contributed by atoms with Gasteiger partial charge in [-0.1, -0.05) is 6.07 Å². The van der Waals surface area contributed by atoms with Crippen molar-refractivity contribution < 1.29 is 14.1 Å². The molecule has 1 aromatic carbocycles. The maximum atomic E-state index is 13.8. The summed E-state index contributed by atoms with van der Waals surface area (Å²) in [5.74, 6) is 0.410. The topological polar surface area (TPSA) is 80.5 Å². The van der Waals surface area contributed by atoms with Crippen molar-refractivity contribution in [3.63, 3.8) is 0 Å². The second-order valence-corrected chi connectivity index (χ2v) is 6.38. The molecule has 1 aliphatic heterocycles. The Kier molecular flexibility index (Phi) is 5.20. The number of benzene rings is 1. The molecule has 0 bridgehead atoms. The number of nitrogens with one attached hydrogen (secondary N) is 1. The smallest absolute Gasteiger partial charge is 0.295 e. The molecule has 1 atom stereocenters. The first-order valence-electron chi connectivity index (χ1n) is 8.42. The van der Waals surface area contributed by atoms with Gasteiger partial charge in [-0.15, -0.1) is 0 Å². The van der Waals surface area contributed by atoms with E-state index in [9.17, 15) is 14.5 Å². The van der Waals surface area contributed by atoms with Crippen molar-refractivity contribution in [3.05, 3.63) is 52.0 Å². The van der Waals surface area contributed by atoms with Crippen LogP contribution in [0.4, 0.5) is 21.6 Å². The largest absolute Gasteiger partial charge is 0.494 e. The van der Waals surface area contributed by atoms with E-state index < -0.39 is 10.7 Å². The quantitative estimate of drug-likeness (QED) is 0.628. The maximum absolute atomic E-state index is 13.8. The number of nitrogens with zero attached hydrogens (tertiary/aromatic N) is 3. The zero-order valence-corrected chi connectivity index (χ0v) is 14.7. The van der Waals surface area contributed by atoms with Crippen LogP contribution in [0.25, 0.3) is 0 Å². The second-order valence-electron chi connectivity index (χ2n) is 6.38. The van der Waals surface area contributed by atoms with Crippen LogP contribution in [0.1, 0.15) is 12.1 Å². The van der Waals surface area contributed by atoms with Crippen LogP contribution in [-0.4, -0.2) is 36.7 Å². The molecule has 7 nitrogen and oxygen atoms in total. The van der Waals surface area contributed by atoms with Gasteiger partial charge in [-0.05, 0) is 31.4 Å². The molecule has 2 aromatic rings. The molecule has 0 saturated carbocycles. The lowest BCUT2D eigenvalue weighted by Gasteiger charge is -2.20. The Bertz CT molecular complexity index is 815. The minimum absolute atomic E-state index is 0.0103. The Balaban J connectivity index is 1.71. The van der Waals surface area contributed by atoms with E-state index in [1.54, 1.807) is 0 Å². The third kappa shape index (κ3) is 3.84. The molecule has 0 spiro atoms. The number of aryl methyl sites for hydroxylation is 1. The minimum Gasteiger partial charge on any atom is -0.494 e. The van der Waals surface area contributed by atoms with Gasteiger partial charge >= 0.3 is 0 Å². The lowest BCUT2D eigenvalue weighted by Crippen LogP contribution is -2.23. The number of ether oxygens (including phenoxy) is 1. The summed E-state index contributed by atoms with van der Waals surface area (Å²) in [7, 11) is 1.35. The van der Waals surface area contributed by atoms with Crippen molar-refractivity contribution in [1.29, 1.82) is 0 Å². The summed E-state index contributed by atoms with van der Waals surface area (Å²) in [5, 5.41) is 14.6. The first-order chi connectivity index (χ1) is 12.5. The van der Waals surface area contributed by atoms with E-state index in [0.29, 0.717) is 24.7 Å². The molecule has 1 saturated heterocycles. The number of methoxy groups -OCH3 is 1. The van der Waals surface area contributed by atoms with Gasteiger partial charge < -0.3 is 15.0 Å². The van der Waals surface area contributed by atoms with Gasteiger partial charge in [0.25, 0.3) is 5.69 Å². The highest BCUT2D eigenvalue weighted by atomic mass is 19.1. The van der Waals surface area contributed by atoms with Gasteiger partial charge in [0.15, 0.2) is 11.6 Å². The Morgan fingerprint density at radius 2 is 2.27 bits per heavy atom. The number of anilines is 2. The van der Waals surface area contributed by atoms with Crippen molar-refractivity contribution in [1.82, 2.24) is 4.98 Å². The summed E-state index contributed by atoms with van der Waals surface area (Å²) in [5.41, 5.74) is 1.10. The molecular formula is C18H21FN4O3.